The van der Waals surface area contributed by atoms with Crippen LogP contribution in [0.25, 0.3) is 17.2 Å². The first-order valence-electron chi connectivity index (χ1n) is 17.7. The molecular formula is C41H49N3O4S. The molecule has 6 rings (SSSR count). The fourth-order valence-electron chi connectivity index (χ4n) is 6.48. The molecule has 3 heterocycles. The molecule has 0 bridgehead atoms. The predicted molar refractivity (Wildman–Crippen MR) is 201 cm³/mol. The average Bonchev–Trinajstić information content (AvgIpc) is 3.58. The van der Waals surface area contributed by atoms with Crippen LogP contribution in [0.15, 0.2) is 89.1 Å². The second-order valence-electron chi connectivity index (χ2n) is 13.0. The lowest BCUT2D eigenvalue weighted by Crippen LogP contribution is -2.36. The number of thiophene rings is 1. The Balaban J connectivity index is 1.15. The lowest BCUT2D eigenvalue weighted by Gasteiger charge is -2.31. The molecule has 0 saturated carbocycles. The third kappa shape index (κ3) is 9.82. The maximum Gasteiger partial charge on any atom is 0.251 e. The zero-order chi connectivity index (χ0) is 33.8. The molecule has 0 spiro atoms. The Morgan fingerprint density at radius 1 is 0.959 bits per heavy atom. The van der Waals surface area contributed by atoms with Crippen LogP contribution >= 0.6 is 11.3 Å². The van der Waals surface area contributed by atoms with Crippen molar-refractivity contribution in [3.63, 3.8) is 0 Å². The molecular weight excluding hydrogens is 631 g/mol. The van der Waals surface area contributed by atoms with E-state index < -0.39 is 0 Å². The van der Waals surface area contributed by atoms with Gasteiger partial charge in [-0.1, -0.05) is 43.7 Å². The van der Waals surface area contributed by atoms with Gasteiger partial charge in [0, 0.05) is 62.4 Å². The number of hydrogen-bond donors (Lipinski definition) is 1. The summed E-state index contributed by atoms with van der Waals surface area (Å²) in [4.78, 5) is 18.5. The van der Waals surface area contributed by atoms with E-state index in [0.29, 0.717) is 25.7 Å². The molecule has 1 amide bonds. The molecule has 0 atom stereocenters. The van der Waals surface area contributed by atoms with Crippen molar-refractivity contribution in [1.29, 1.82) is 0 Å². The maximum atomic E-state index is 13.7. The molecule has 3 aromatic carbocycles. The number of fused-ring (bicyclic) bond motifs is 1. The molecule has 1 N–H and O–H groups in total. The van der Waals surface area contributed by atoms with Gasteiger partial charge < -0.3 is 24.4 Å². The van der Waals surface area contributed by atoms with Gasteiger partial charge in [-0.15, -0.1) is 0 Å². The molecule has 2 aliphatic rings. The number of hydrogen-bond acceptors (Lipinski definition) is 7. The van der Waals surface area contributed by atoms with E-state index in [-0.39, 0.29) is 5.91 Å². The van der Waals surface area contributed by atoms with Crippen LogP contribution in [0.4, 0.5) is 11.4 Å². The van der Waals surface area contributed by atoms with Gasteiger partial charge in [-0.05, 0) is 120 Å². The zero-order valence-electron chi connectivity index (χ0n) is 28.9. The van der Waals surface area contributed by atoms with E-state index in [0.717, 1.165) is 105 Å². The molecule has 4 aromatic rings. The van der Waals surface area contributed by atoms with Crippen LogP contribution in [-0.4, -0.2) is 63.5 Å². The summed E-state index contributed by atoms with van der Waals surface area (Å²) in [6.45, 7) is 8.19. The summed E-state index contributed by atoms with van der Waals surface area (Å²) in [5, 5.41) is 7.50. The molecule has 2 aliphatic heterocycles. The van der Waals surface area contributed by atoms with Gasteiger partial charge in [0.25, 0.3) is 5.91 Å². The molecule has 8 heteroatoms. The summed E-state index contributed by atoms with van der Waals surface area (Å²) in [7, 11) is 2.19. The van der Waals surface area contributed by atoms with Gasteiger partial charge in [0.2, 0.25) is 0 Å². The maximum absolute atomic E-state index is 13.7. The van der Waals surface area contributed by atoms with Crippen LogP contribution in [0.2, 0.25) is 0 Å². The monoisotopic (exact) mass is 679 g/mol. The molecule has 0 unspecified atom stereocenters. The first-order valence-corrected chi connectivity index (χ1v) is 18.6. The highest BCUT2D eigenvalue weighted by molar-refractivity contribution is 7.07. The van der Waals surface area contributed by atoms with Crippen molar-refractivity contribution < 1.29 is 19.0 Å². The predicted octanol–water partition coefficient (Wildman–Crippen LogP) is 8.65. The summed E-state index contributed by atoms with van der Waals surface area (Å²) >= 11 is 1.71. The minimum atomic E-state index is -0.0546. The van der Waals surface area contributed by atoms with Crippen molar-refractivity contribution in [3.8, 4) is 16.9 Å². The number of carbonyl (C=O) groups is 1. The van der Waals surface area contributed by atoms with Crippen LogP contribution in [0.3, 0.4) is 0 Å². The van der Waals surface area contributed by atoms with E-state index >= 15 is 0 Å². The largest absolute Gasteiger partial charge is 0.491 e. The normalized spacial score (nSPS) is 15.1. The molecule has 258 valence electrons. The Labute approximate surface area is 295 Å². The van der Waals surface area contributed by atoms with Gasteiger partial charge in [-0.2, -0.15) is 11.3 Å². The Morgan fingerprint density at radius 3 is 2.51 bits per heavy atom. The fraction of sp³-hybridized carbons (Fsp3) is 0.390. The summed E-state index contributed by atoms with van der Waals surface area (Å²) in [6, 6.07) is 25.8. The number of nitrogens with zero attached hydrogens (tertiary/aromatic N) is 2. The Kier molecular flexibility index (Phi) is 12.6. The molecule has 7 nitrogen and oxygen atoms in total. The van der Waals surface area contributed by atoms with Gasteiger partial charge in [-0.25, -0.2) is 0 Å². The third-order valence-corrected chi connectivity index (χ3v) is 10.1. The quantitative estimate of drug-likeness (QED) is 0.127. The highest BCUT2D eigenvalue weighted by atomic mass is 32.1. The number of unbranched alkanes of at least 4 members (excludes halogenated alkanes) is 1. The van der Waals surface area contributed by atoms with Crippen LogP contribution < -0.4 is 15.0 Å². The number of anilines is 2. The summed E-state index contributed by atoms with van der Waals surface area (Å²) in [6.07, 6.45) is 7.09. The fourth-order valence-corrected chi connectivity index (χ4v) is 7.14. The van der Waals surface area contributed by atoms with Crippen LogP contribution in [0, 0.1) is 0 Å². The van der Waals surface area contributed by atoms with E-state index in [1.54, 1.807) is 11.3 Å². The van der Waals surface area contributed by atoms with Gasteiger partial charge >= 0.3 is 0 Å². The molecule has 49 heavy (non-hydrogen) atoms. The summed E-state index contributed by atoms with van der Waals surface area (Å²) in [5.74, 6) is 0.777. The van der Waals surface area contributed by atoms with Crippen molar-refractivity contribution in [1.82, 2.24) is 4.90 Å². The van der Waals surface area contributed by atoms with E-state index in [2.05, 4.69) is 94.5 Å². The number of amides is 1. The van der Waals surface area contributed by atoms with Crippen LogP contribution in [-0.2, 0) is 27.4 Å². The number of nitrogens with one attached hydrogen (secondary N) is 1. The minimum Gasteiger partial charge on any atom is -0.491 e. The van der Waals surface area contributed by atoms with Crippen molar-refractivity contribution in [2.45, 2.75) is 58.2 Å². The Bertz CT molecular complexity index is 1650. The highest BCUT2D eigenvalue weighted by Gasteiger charge is 2.22. The van der Waals surface area contributed by atoms with E-state index in [1.165, 1.54) is 11.1 Å². The average molecular weight is 680 g/mol. The number of benzene rings is 3. The van der Waals surface area contributed by atoms with Crippen LogP contribution in [0.5, 0.6) is 5.75 Å². The van der Waals surface area contributed by atoms with Crippen molar-refractivity contribution in [2.24, 2.45) is 0 Å². The Morgan fingerprint density at radius 2 is 1.76 bits per heavy atom. The number of carbonyl (C=O) groups excluding carboxylic acids is 1. The Hall–Kier alpha value is -3.95. The van der Waals surface area contributed by atoms with Gasteiger partial charge in [-0.3, -0.25) is 9.69 Å². The van der Waals surface area contributed by atoms with E-state index in [1.807, 2.05) is 24.3 Å². The van der Waals surface area contributed by atoms with Crippen LogP contribution in [0.1, 0.15) is 55.7 Å². The van der Waals surface area contributed by atoms with E-state index in [4.69, 9.17) is 14.2 Å². The number of ether oxygens (including phenoxy) is 3. The van der Waals surface area contributed by atoms with Crippen molar-refractivity contribution in [2.75, 3.05) is 56.8 Å². The standard InChI is InChI=1S/C41H49N3O4S/c1-3-4-20-46-23-24-48-39-12-7-33(8-13-39)34-9-14-40-36(26-34)27-35(15-19-44(40)29-32-18-25-49-30-32)41(45)42-37-10-5-31(6-11-37)28-43(2)38-16-21-47-22-17-38/h5-14,18,25-27,30,38H,3-4,15-17,19-24,28-29H2,1-2H3,(H,42,45). The van der Waals surface area contributed by atoms with Crippen molar-refractivity contribution >= 4 is 34.7 Å². The zero-order valence-corrected chi connectivity index (χ0v) is 29.7. The molecule has 1 fully saturated rings. The minimum absolute atomic E-state index is 0.0546. The number of rotatable bonds is 15. The molecule has 0 aliphatic carbocycles. The molecule has 1 saturated heterocycles. The van der Waals surface area contributed by atoms with Gasteiger partial charge in [0.15, 0.2) is 0 Å². The smallest absolute Gasteiger partial charge is 0.251 e. The van der Waals surface area contributed by atoms with Gasteiger partial charge in [0.1, 0.15) is 12.4 Å². The SMILES string of the molecule is CCCCOCCOc1ccc(-c2ccc3c(c2)C=C(C(=O)Nc2ccc(CN(C)C4CCOCC4)cc2)CCN3Cc2ccsc2)cc1. The molecule has 0 radical (unpaired) electrons. The summed E-state index contributed by atoms with van der Waals surface area (Å²) < 4.78 is 17.0. The lowest BCUT2D eigenvalue weighted by molar-refractivity contribution is -0.112. The first kappa shape index (κ1) is 34.9. The lowest BCUT2D eigenvalue weighted by atomic mass is 10.00. The third-order valence-electron chi connectivity index (χ3n) is 9.38. The van der Waals surface area contributed by atoms with Crippen molar-refractivity contribution in [3.05, 3.63) is 106 Å². The van der Waals surface area contributed by atoms with E-state index in [9.17, 15) is 4.79 Å². The topological polar surface area (TPSA) is 63.3 Å². The second kappa shape index (κ2) is 17.6. The first-order chi connectivity index (χ1) is 24.1. The highest BCUT2D eigenvalue weighted by Crippen LogP contribution is 2.34. The summed E-state index contributed by atoms with van der Waals surface area (Å²) in [5.41, 5.74) is 8.49. The second-order valence-corrected chi connectivity index (χ2v) is 13.8. The molecule has 1 aromatic heterocycles. The van der Waals surface area contributed by atoms with Gasteiger partial charge in [0.05, 0.1) is 6.61 Å².